The van der Waals surface area contributed by atoms with Crippen LogP contribution in [0, 0.1) is 17.8 Å². The predicted molar refractivity (Wildman–Crippen MR) is 69.7 cm³/mol. The monoisotopic (exact) mass is 238 g/mol. The highest BCUT2D eigenvalue weighted by molar-refractivity contribution is 5.76. The molecule has 0 bridgehead atoms. The first kappa shape index (κ1) is 12.9. The highest BCUT2D eigenvalue weighted by atomic mass is 16.2. The number of nitrogens with zero attached hydrogens (tertiary/aromatic N) is 1. The zero-order valence-electron chi connectivity index (χ0n) is 11.2. The fraction of sp³-hybridized carbons (Fsp3) is 0.929. The molecule has 1 saturated carbocycles. The van der Waals surface area contributed by atoms with Gasteiger partial charge < -0.3 is 10.2 Å². The second-order valence-corrected chi connectivity index (χ2v) is 5.99. The lowest BCUT2D eigenvalue weighted by atomic mass is 9.84. The summed E-state index contributed by atoms with van der Waals surface area (Å²) >= 11 is 0. The van der Waals surface area contributed by atoms with Crippen molar-refractivity contribution in [2.75, 3.05) is 26.7 Å². The molecule has 2 aliphatic rings. The normalized spacial score (nSPS) is 23.4. The molecule has 0 aromatic heterocycles. The van der Waals surface area contributed by atoms with E-state index in [0.29, 0.717) is 11.8 Å². The predicted octanol–water partition coefficient (Wildman–Crippen LogP) is 1.88. The number of rotatable bonds is 5. The molecule has 1 aliphatic heterocycles. The Kier molecular flexibility index (Phi) is 4.43. The topological polar surface area (TPSA) is 32.3 Å². The van der Waals surface area contributed by atoms with Crippen LogP contribution in [0.4, 0.5) is 0 Å². The summed E-state index contributed by atoms with van der Waals surface area (Å²) in [6, 6.07) is 0. The van der Waals surface area contributed by atoms with Crippen LogP contribution in [-0.4, -0.2) is 37.5 Å². The molecule has 3 heteroatoms. The molecular formula is C14H26N2O. The van der Waals surface area contributed by atoms with Gasteiger partial charge in [0.05, 0.1) is 0 Å². The smallest absolute Gasteiger partial charge is 0.222 e. The van der Waals surface area contributed by atoms with Crippen molar-refractivity contribution in [3.63, 3.8) is 0 Å². The van der Waals surface area contributed by atoms with Gasteiger partial charge in [0, 0.05) is 20.0 Å². The Hall–Kier alpha value is -0.570. The van der Waals surface area contributed by atoms with Gasteiger partial charge in [-0.1, -0.05) is 6.92 Å². The third-order valence-electron chi connectivity index (χ3n) is 4.34. The number of amides is 1. The first-order valence-electron chi connectivity index (χ1n) is 7.11. The van der Waals surface area contributed by atoms with Gasteiger partial charge in [0.15, 0.2) is 0 Å². The SMILES string of the molecule is CC(CC(=O)N(C)CC1CC1)C1CCNCC1. The first-order chi connectivity index (χ1) is 8.16. The molecule has 1 saturated heterocycles. The zero-order valence-corrected chi connectivity index (χ0v) is 11.2. The van der Waals surface area contributed by atoms with Crippen LogP contribution in [0.1, 0.15) is 39.0 Å². The van der Waals surface area contributed by atoms with E-state index in [0.717, 1.165) is 37.9 Å². The Morgan fingerprint density at radius 1 is 1.29 bits per heavy atom. The second-order valence-electron chi connectivity index (χ2n) is 5.99. The second kappa shape index (κ2) is 5.85. The standard InChI is InChI=1S/C14H26N2O/c1-11(13-5-7-15-8-6-13)9-14(17)16(2)10-12-3-4-12/h11-13,15H,3-10H2,1-2H3. The van der Waals surface area contributed by atoms with Crippen molar-refractivity contribution < 1.29 is 4.79 Å². The number of piperidine rings is 1. The maximum Gasteiger partial charge on any atom is 0.222 e. The molecule has 98 valence electrons. The summed E-state index contributed by atoms with van der Waals surface area (Å²) in [6.45, 7) is 5.48. The molecule has 1 N–H and O–H groups in total. The molecule has 1 amide bonds. The summed E-state index contributed by atoms with van der Waals surface area (Å²) in [5.41, 5.74) is 0. The van der Waals surface area contributed by atoms with Gasteiger partial charge in [0.1, 0.15) is 0 Å². The Bertz CT molecular complexity index is 257. The fourth-order valence-electron chi connectivity index (χ4n) is 2.80. The number of carbonyl (C=O) groups excluding carboxylic acids is 1. The first-order valence-corrected chi connectivity index (χ1v) is 7.11. The van der Waals surface area contributed by atoms with Gasteiger partial charge in [-0.25, -0.2) is 0 Å². The minimum Gasteiger partial charge on any atom is -0.345 e. The molecule has 1 heterocycles. The van der Waals surface area contributed by atoms with Crippen LogP contribution in [0.2, 0.25) is 0 Å². The largest absolute Gasteiger partial charge is 0.345 e. The van der Waals surface area contributed by atoms with Crippen LogP contribution in [0.15, 0.2) is 0 Å². The average molecular weight is 238 g/mol. The van der Waals surface area contributed by atoms with Crippen LogP contribution in [0.3, 0.4) is 0 Å². The minimum absolute atomic E-state index is 0.350. The molecule has 0 radical (unpaired) electrons. The van der Waals surface area contributed by atoms with Gasteiger partial charge in [-0.2, -0.15) is 0 Å². The van der Waals surface area contributed by atoms with E-state index >= 15 is 0 Å². The van der Waals surface area contributed by atoms with Crippen LogP contribution in [0.5, 0.6) is 0 Å². The molecule has 1 unspecified atom stereocenters. The summed E-state index contributed by atoms with van der Waals surface area (Å²) in [5.74, 6) is 2.45. The van der Waals surface area contributed by atoms with Crippen molar-refractivity contribution in [3.05, 3.63) is 0 Å². The molecular weight excluding hydrogens is 212 g/mol. The Labute approximate surface area is 105 Å². The average Bonchev–Trinajstić information content (AvgIpc) is 3.14. The van der Waals surface area contributed by atoms with E-state index in [1.54, 1.807) is 0 Å². The Morgan fingerprint density at radius 3 is 2.53 bits per heavy atom. The van der Waals surface area contributed by atoms with Crippen molar-refractivity contribution in [1.82, 2.24) is 10.2 Å². The lowest BCUT2D eigenvalue weighted by Crippen LogP contribution is -2.34. The Balaban J connectivity index is 1.71. The van der Waals surface area contributed by atoms with Crippen molar-refractivity contribution in [2.24, 2.45) is 17.8 Å². The number of carbonyl (C=O) groups is 1. The fourth-order valence-corrected chi connectivity index (χ4v) is 2.80. The molecule has 0 aromatic carbocycles. The van der Waals surface area contributed by atoms with Crippen molar-refractivity contribution >= 4 is 5.91 Å². The van der Waals surface area contributed by atoms with Gasteiger partial charge >= 0.3 is 0 Å². The lowest BCUT2D eigenvalue weighted by Gasteiger charge is -2.29. The van der Waals surface area contributed by atoms with Crippen molar-refractivity contribution in [1.29, 1.82) is 0 Å². The lowest BCUT2D eigenvalue weighted by molar-refractivity contribution is -0.131. The van der Waals surface area contributed by atoms with E-state index in [1.165, 1.54) is 25.7 Å². The van der Waals surface area contributed by atoms with Crippen molar-refractivity contribution in [3.8, 4) is 0 Å². The molecule has 1 aliphatic carbocycles. The van der Waals surface area contributed by atoms with Crippen LogP contribution < -0.4 is 5.32 Å². The molecule has 2 rings (SSSR count). The summed E-state index contributed by atoms with van der Waals surface area (Å²) < 4.78 is 0. The van der Waals surface area contributed by atoms with E-state index in [9.17, 15) is 4.79 Å². The van der Waals surface area contributed by atoms with Crippen LogP contribution in [-0.2, 0) is 4.79 Å². The molecule has 0 aromatic rings. The zero-order chi connectivity index (χ0) is 12.3. The highest BCUT2D eigenvalue weighted by Gasteiger charge is 2.27. The molecule has 2 fully saturated rings. The molecule has 3 nitrogen and oxygen atoms in total. The highest BCUT2D eigenvalue weighted by Crippen LogP contribution is 2.30. The van der Waals surface area contributed by atoms with E-state index in [-0.39, 0.29) is 0 Å². The number of hydrogen-bond donors (Lipinski definition) is 1. The van der Waals surface area contributed by atoms with Gasteiger partial charge in [-0.3, -0.25) is 4.79 Å². The van der Waals surface area contributed by atoms with Crippen LogP contribution in [0.25, 0.3) is 0 Å². The summed E-state index contributed by atoms with van der Waals surface area (Å²) in [7, 11) is 1.97. The number of hydrogen-bond acceptors (Lipinski definition) is 2. The minimum atomic E-state index is 0.350. The van der Waals surface area contributed by atoms with Crippen LogP contribution >= 0.6 is 0 Å². The van der Waals surface area contributed by atoms with E-state index < -0.39 is 0 Å². The Morgan fingerprint density at radius 2 is 1.94 bits per heavy atom. The summed E-state index contributed by atoms with van der Waals surface area (Å²) in [6.07, 6.45) is 5.86. The van der Waals surface area contributed by atoms with Gasteiger partial charge in [0.25, 0.3) is 0 Å². The van der Waals surface area contributed by atoms with Gasteiger partial charge in [0.2, 0.25) is 5.91 Å². The number of nitrogens with one attached hydrogen (secondary N) is 1. The van der Waals surface area contributed by atoms with E-state index in [4.69, 9.17) is 0 Å². The summed E-state index contributed by atoms with van der Waals surface area (Å²) in [5, 5.41) is 3.38. The van der Waals surface area contributed by atoms with Crippen molar-refractivity contribution in [2.45, 2.75) is 39.0 Å². The maximum atomic E-state index is 12.1. The summed E-state index contributed by atoms with van der Waals surface area (Å²) in [4.78, 5) is 14.0. The molecule has 0 spiro atoms. The van der Waals surface area contributed by atoms with Gasteiger partial charge in [-0.15, -0.1) is 0 Å². The van der Waals surface area contributed by atoms with E-state index in [2.05, 4.69) is 12.2 Å². The third-order valence-corrected chi connectivity index (χ3v) is 4.34. The molecule has 1 atom stereocenters. The third kappa shape index (κ3) is 3.98. The maximum absolute atomic E-state index is 12.1. The van der Waals surface area contributed by atoms with Gasteiger partial charge in [-0.05, 0) is 56.5 Å². The molecule has 17 heavy (non-hydrogen) atoms. The quantitative estimate of drug-likeness (QED) is 0.793. The van der Waals surface area contributed by atoms with E-state index in [1.807, 2.05) is 11.9 Å².